The first-order valence-electron chi connectivity index (χ1n) is 10.4. The number of nitrogens with one attached hydrogen (secondary N) is 2. The van der Waals surface area contributed by atoms with Crippen molar-refractivity contribution in [2.45, 2.75) is 52.0 Å². The number of hydrogen-bond acceptors (Lipinski definition) is 5. The molecule has 152 valence electrons. The molecule has 2 aromatic rings. The summed E-state index contributed by atoms with van der Waals surface area (Å²) in [7, 11) is 1.80. The lowest BCUT2D eigenvalue weighted by atomic mass is 10.2. The molecule has 1 fully saturated rings. The Morgan fingerprint density at radius 1 is 1.11 bits per heavy atom. The van der Waals surface area contributed by atoms with Crippen LogP contribution in [-0.4, -0.2) is 42.6 Å². The zero-order chi connectivity index (χ0) is 19.6. The van der Waals surface area contributed by atoms with Crippen LogP contribution in [0.3, 0.4) is 0 Å². The number of aromatic nitrogens is 2. The van der Waals surface area contributed by atoms with E-state index in [1.807, 2.05) is 12.4 Å². The van der Waals surface area contributed by atoms with Gasteiger partial charge in [0, 0.05) is 56.9 Å². The van der Waals surface area contributed by atoms with Crippen LogP contribution in [0, 0.1) is 0 Å². The lowest BCUT2D eigenvalue weighted by molar-refractivity contribution is 0.726. The molecule has 0 saturated carbocycles. The van der Waals surface area contributed by atoms with Crippen LogP contribution in [0.4, 0.5) is 5.82 Å². The molecule has 0 amide bonds. The second kappa shape index (κ2) is 11.0. The average Bonchev–Trinajstić information content (AvgIpc) is 3.02. The third kappa shape index (κ3) is 6.19. The summed E-state index contributed by atoms with van der Waals surface area (Å²) in [5.74, 6) is 1.91. The van der Waals surface area contributed by atoms with Gasteiger partial charge in [-0.3, -0.25) is 4.99 Å². The third-order valence-corrected chi connectivity index (χ3v) is 6.21. The van der Waals surface area contributed by atoms with Crippen molar-refractivity contribution < 1.29 is 0 Å². The van der Waals surface area contributed by atoms with Gasteiger partial charge in [0.2, 0.25) is 0 Å². The molecule has 7 heteroatoms. The minimum absolute atomic E-state index is 0.712. The second-order valence-corrected chi connectivity index (χ2v) is 8.30. The maximum atomic E-state index is 4.68. The Bertz CT molecular complexity index is 732. The normalized spacial score (nSPS) is 15.4. The number of thiazole rings is 1. The van der Waals surface area contributed by atoms with Gasteiger partial charge in [-0.2, -0.15) is 0 Å². The predicted octanol–water partition coefficient (Wildman–Crippen LogP) is 3.39. The molecular formula is C21H32N6S. The van der Waals surface area contributed by atoms with E-state index in [-0.39, 0.29) is 0 Å². The van der Waals surface area contributed by atoms with E-state index >= 15 is 0 Å². The molecule has 28 heavy (non-hydrogen) atoms. The van der Waals surface area contributed by atoms with Crippen LogP contribution < -0.4 is 15.5 Å². The van der Waals surface area contributed by atoms with E-state index in [4.69, 9.17) is 0 Å². The van der Waals surface area contributed by atoms with E-state index in [9.17, 15) is 0 Å². The highest BCUT2D eigenvalue weighted by atomic mass is 32.1. The predicted molar refractivity (Wildman–Crippen MR) is 118 cm³/mol. The first-order valence-corrected chi connectivity index (χ1v) is 11.2. The Morgan fingerprint density at radius 2 is 1.93 bits per heavy atom. The van der Waals surface area contributed by atoms with Crippen molar-refractivity contribution in [2.24, 2.45) is 4.99 Å². The topological polar surface area (TPSA) is 65.4 Å². The molecule has 0 unspecified atom stereocenters. The van der Waals surface area contributed by atoms with E-state index in [1.165, 1.54) is 35.6 Å². The number of hydrogen-bond donors (Lipinski definition) is 2. The van der Waals surface area contributed by atoms with Gasteiger partial charge in [0.05, 0.1) is 5.01 Å². The molecule has 0 atom stereocenters. The van der Waals surface area contributed by atoms with E-state index in [0.717, 1.165) is 49.8 Å². The Morgan fingerprint density at radius 3 is 2.57 bits per heavy atom. The SMILES string of the molecule is CCc1cnc(CCNC(=NC)NCc2ccc(N3CCCCCC3)nc2)s1. The van der Waals surface area contributed by atoms with Crippen LogP contribution in [0.1, 0.15) is 48.1 Å². The Kier molecular flexibility index (Phi) is 8.08. The molecule has 0 bridgehead atoms. The summed E-state index contributed by atoms with van der Waals surface area (Å²) in [5, 5.41) is 7.90. The standard InChI is InChI=1S/C21H32N6S/c1-3-18-16-25-20(28-18)10-11-23-21(22-2)26-15-17-8-9-19(24-14-17)27-12-6-4-5-7-13-27/h8-9,14,16H,3-7,10-13,15H2,1-2H3,(H2,22,23,26). The fourth-order valence-electron chi connectivity index (χ4n) is 3.33. The molecule has 3 rings (SSSR count). The fourth-order valence-corrected chi connectivity index (χ4v) is 4.19. The van der Waals surface area contributed by atoms with Gasteiger partial charge in [-0.1, -0.05) is 25.8 Å². The van der Waals surface area contributed by atoms with Crippen molar-refractivity contribution in [3.63, 3.8) is 0 Å². The van der Waals surface area contributed by atoms with E-state index in [1.54, 1.807) is 18.4 Å². The van der Waals surface area contributed by atoms with Crippen LogP contribution >= 0.6 is 11.3 Å². The summed E-state index contributed by atoms with van der Waals surface area (Å²) in [4.78, 5) is 17.2. The van der Waals surface area contributed by atoms with Crippen molar-refractivity contribution in [1.82, 2.24) is 20.6 Å². The Balaban J connectivity index is 1.42. The summed E-state index contributed by atoms with van der Waals surface area (Å²) in [6, 6.07) is 4.31. The van der Waals surface area contributed by atoms with Crippen molar-refractivity contribution in [2.75, 3.05) is 31.6 Å². The molecule has 6 nitrogen and oxygen atoms in total. The zero-order valence-electron chi connectivity index (χ0n) is 17.1. The number of pyridine rings is 1. The summed E-state index contributed by atoms with van der Waals surface area (Å²) >= 11 is 1.79. The Labute approximate surface area is 172 Å². The van der Waals surface area contributed by atoms with Gasteiger partial charge in [0.25, 0.3) is 0 Å². The molecule has 0 aromatic carbocycles. The number of aliphatic imine (C=N–C) groups is 1. The van der Waals surface area contributed by atoms with Gasteiger partial charge in [-0.05, 0) is 30.9 Å². The molecule has 2 N–H and O–H groups in total. The highest BCUT2D eigenvalue weighted by Crippen LogP contribution is 2.17. The summed E-state index contributed by atoms with van der Waals surface area (Å²) in [5.41, 5.74) is 1.16. The fraction of sp³-hybridized carbons (Fsp3) is 0.571. The maximum Gasteiger partial charge on any atom is 0.191 e. The van der Waals surface area contributed by atoms with Gasteiger partial charge in [0.1, 0.15) is 5.82 Å². The number of aryl methyl sites for hydroxylation is 1. The second-order valence-electron chi connectivity index (χ2n) is 7.10. The van der Waals surface area contributed by atoms with Crippen molar-refractivity contribution in [3.8, 4) is 0 Å². The molecule has 1 aliphatic heterocycles. The van der Waals surface area contributed by atoms with Crippen LogP contribution in [0.5, 0.6) is 0 Å². The number of anilines is 1. The van der Waals surface area contributed by atoms with E-state index < -0.39 is 0 Å². The first kappa shape index (κ1) is 20.6. The van der Waals surface area contributed by atoms with Crippen molar-refractivity contribution in [3.05, 3.63) is 40.0 Å². The van der Waals surface area contributed by atoms with E-state index in [0.29, 0.717) is 6.54 Å². The van der Waals surface area contributed by atoms with Crippen molar-refractivity contribution >= 4 is 23.1 Å². The smallest absolute Gasteiger partial charge is 0.191 e. The van der Waals surface area contributed by atoms with Gasteiger partial charge in [0.15, 0.2) is 5.96 Å². The maximum absolute atomic E-state index is 4.68. The van der Waals surface area contributed by atoms with Crippen LogP contribution in [-0.2, 0) is 19.4 Å². The number of rotatable bonds is 7. The zero-order valence-corrected chi connectivity index (χ0v) is 17.9. The highest BCUT2D eigenvalue weighted by molar-refractivity contribution is 7.11. The van der Waals surface area contributed by atoms with Crippen LogP contribution in [0.25, 0.3) is 0 Å². The van der Waals surface area contributed by atoms with Crippen LogP contribution in [0.2, 0.25) is 0 Å². The largest absolute Gasteiger partial charge is 0.357 e. The lowest BCUT2D eigenvalue weighted by Gasteiger charge is -2.21. The average molecular weight is 401 g/mol. The molecular weight excluding hydrogens is 368 g/mol. The molecule has 1 saturated heterocycles. The lowest BCUT2D eigenvalue weighted by Crippen LogP contribution is -2.37. The highest BCUT2D eigenvalue weighted by Gasteiger charge is 2.10. The van der Waals surface area contributed by atoms with E-state index in [2.05, 4.69) is 49.6 Å². The van der Waals surface area contributed by atoms with Gasteiger partial charge in [-0.15, -0.1) is 11.3 Å². The monoisotopic (exact) mass is 400 g/mol. The molecule has 2 aromatic heterocycles. The molecule has 1 aliphatic rings. The minimum atomic E-state index is 0.712. The quantitative estimate of drug-likeness (QED) is 0.551. The Hall–Kier alpha value is -2.15. The van der Waals surface area contributed by atoms with Crippen LogP contribution in [0.15, 0.2) is 29.5 Å². The number of nitrogens with zero attached hydrogens (tertiary/aromatic N) is 4. The van der Waals surface area contributed by atoms with Gasteiger partial charge >= 0.3 is 0 Å². The molecule has 0 radical (unpaired) electrons. The summed E-state index contributed by atoms with van der Waals surface area (Å²) in [6.45, 7) is 5.95. The molecule has 0 spiro atoms. The minimum Gasteiger partial charge on any atom is -0.357 e. The summed E-state index contributed by atoms with van der Waals surface area (Å²) < 4.78 is 0. The number of guanidine groups is 1. The van der Waals surface area contributed by atoms with Gasteiger partial charge in [-0.25, -0.2) is 9.97 Å². The third-order valence-electron chi connectivity index (χ3n) is 5.00. The molecule has 3 heterocycles. The first-order chi connectivity index (χ1) is 13.8. The molecule has 0 aliphatic carbocycles. The van der Waals surface area contributed by atoms with Crippen molar-refractivity contribution in [1.29, 1.82) is 0 Å². The summed E-state index contributed by atoms with van der Waals surface area (Å²) in [6.07, 6.45) is 11.1. The van der Waals surface area contributed by atoms with Gasteiger partial charge < -0.3 is 15.5 Å².